The highest BCUT2D eigenvalue weighted by atomic mass is 16.6. The second-order valence-corrected chi connectivity index (χ2v) is 6.68. The van der Waals surface area contributed by atoms with Crippen molar-refractivity contribution in [3.8, 4) is 5.69 Å². The number of hydrogen-bond donors (Lipinski definition) is 1. The van der Waals surface area contributed by atoms with E-state index < -0.39 is 4.92 Å². The summed E-state index contributed by atoms with van der Waals surface area (Å²) in [6.45, 7) is 1.80. The lowest BCUT2D eigenvalue weighted by Crippen LogP contribution is -2.15. The summed E-state index contributed by atoms with van der Waals surface area (Å²) >= 11 is 0. The van der Waals surface area contributed by atoms with Gasteiger partial charge in [0.1, 0.15) is 0 Å². The van der Waals surface area contributed by atoms with E-state index in [1.807, 2.05) is 35.0 Å². The van der Waals surface area contributed by atoms with Gasteiger partial charge >= 0.3 is 0 Å². The first-order valence-corrected chi connectivity index (χ1v) is 8.74. The summed E-state index contributed by atoms with van der Waals surface area (Å²) in [4.78, 5) is 23.4. The van der Waals surface area contributed by atoms with E-state index in [-0.39, 0.29) is 11.6 Å². The number of amides is 1. The van der Waals surface area contributed by atoms with Crippen molar-refractivity contribution in [2.45, 2.75) is 25.7 Å². The van der Waals surface area contributed by atoms with Crippen LogP contribution in [0.4, 0.5) is 11.4 Å². The van der Waals surface area contributed by atoms with Gasteiger partial charge in [-0.05, 0) is 37.5 Å². The van der Waals surface area contributed by atoms with Crippen molar-refractivity contribution in [2.75, 3.05) is 5.32 Å². The number of benzene rings is 2. The molecule has 0 unspecified atom stereocenters. The summed E-state index contributed by atoms with van der Waals surface area (Å²) in [5, 5.41) is 18.3. The van der Waals surface area contributed by atoms with Crippen LogP contribution in [0, 0.1) is 17.0 Å². The monoisotopic (exact) mass is 362 g/mol. The molecule has 0 aliphatic heterocycles. The van der Waals surface area contributed by atoms with Crippen LogP contribution in [0.5, 0.6) is 0 Å². The second kappa shape index (κ2) is 6.68. The average Bonchev–Trinajstić information content (AvgIpc) is 3.41. The van der Waals surface area contributed by atoms with Crippen LogP contribution in [0.1, 0.15) is 40.4 Å². The standard InChI is InChI=1S/C20H18N4O3/c1-13-7-10-16(24(26)27)11-18(13)22-20(25)17-12-21-23(19(17)14-8-9-14)15-5-3-2-4-6-15/h2-7,10-12,14H,8-9H2,1H3,(H,22,25). The molecule has 1 heterocycles. The summed E-state index contributed by atoms with van der Waals surface area (Å²) in [6.07, 6.45) is 3.62. The summed E-state index contributed by atoms with van der Waals surface area (Å²) in [6, 6.07) is 14.1. The van der Waals surface area contributed by atoms with E-state index in [1.165, 1.54) is 12.1 Å². The lowest BCUT2D eigenvalue weighted by Gasteiger charge is -2.10. The maximum absolute atomic E-state index is 12.9. The van der Waals surface area contributed by atoms with E-state index in [1.54, 1.807) is 19.2 Å². The molecule has 1 fully saturated rings. The van der Waals surface area contributed by atoms with Crippen LogP contribution in [0.25, 0.3) is 5.69 Å². The number of nitro groups is 1. The highest BCUT2D eigenvalue weighted by Gasteiger charge is 2.33. The third-order valence-corrected chi connectivity index (χ3v) is 4.70. The van der Waals surface area contributed by atoms with Gasteiger partial charge in [-0.1, -0.05) is 24.3 Å². The van der Waals surface area contributed by atoms with Crippen LogP contribution >= 0.6 is 0 Å². The van der Waals surface area contributed by atoms with Crippen LogP contribution in [0.2, 0.25) is 0 Å². The van der Waals surface area contributed by atoms with Gasteiger partial charge in [0, 0.05) is 18.1 Å². The summed E-state index contributed by atoms with van der Waals surface area (Å²) < 4.78 is 1.81. The van der Waals surface area contributed by atoms with Crippen LogP contribution in [0.3, 0.4) is 0 Å². The van der Waals surface area contributed by atoms with Crippen LogP contribution < -0.4 is 5.32 Å². The maximum atomic E-state index is 12.9. The highest BCUT2D eigenvalue weighted by molar-refractivity contribution is 6.05. The van der Waals surface area contributed by atoms with Crippen molar-refractivity contribution in [1.82, 2.24) is 9.78 Å². The molecule has 1 amide bonds. The van der Waals surface area contributed by atoms with Gasteiger partial charge in [0.05, 0.1) is 33.8 Å². The summed E-state index contributed by atoms with van der Waals surface area (Å²) in [5.74, 6) is 0.00217. The Labute approximate surface area is 155 Å². The zero-order valence-corrected chi connectivity index (χ0v) is 14.8. The van der Waals surface area contributed by atoms with Crippen molar-refractivity contribution >= 4 is 17.3 Å². The van der Waals surface area contributed by atoms with Crippen molar-refractivity contribution in [2.24, 2.45) is 0 Å². The van der Waals surface area contributed by atoms with Gasteiger partial charge < -0.3 is 5.32 Å². The smallest absolute Gasteiger partial charge is 0.271 e. The number of nitro benzene ring substituents is 1. The number of aromatic nitrogens is 2. The summed E-state index contributed by atoms with van der Waals surface area (Å²) in [7, 11) is 0. The zero-order valence-electron chi connectivity index (χ0n) is 14.8. The molecular formula is C20H18N4O3. The number of non-ortho nitro benzene ring substituents is 1. The van der Waals surface area contributed by atoms with Gasteiger partial charge in [0.2, 0.25) is 0 Å². The predicted octanol–water partition coefficient (Wildman–Crippen LogP) is 4.22. The molecule has 1 N–H and O–H groups in total. The molecule has 0 atom stereocenters. The van der Waals surface area contributed by atoms with E-state index in [4.69, 9.17) is 0 Å². The molecule has 7 nitrogen and oxygen atoms in total. The van der Waals surface area contributed by atoms with Gasteiger partial charge in [-0.2, -0.15) is 5.10 Å². The Morgan fingerprint density at radius 3 is 2.63 bits per heavy atom. The van der Waals surface area contributed by atoms with E-state index >= 15 is 0 Å². The topological polar surface area (TPSA) is 90.1 Å². The molecule has 0 bridgehead atoms. The lowest BCUT2D eigenvalue weighted by atomic mass is 10.1. The molecule has 1 saturated carbocycles. The fourth-order valence-electron chi connectivity index (χ4n) is 3.11. The molecular weight excluding hydrogens is 344 g/mol. The Kier molecular flexibility index (Phi) is 4.19. The molecule has 1 aromatic heterocycles. The maximum Gasteiger partial charge on any atom is 0.271 e. The lowest BCUT2D eigenvalue weighted by molar-refractivity contribution is -0.384. The van der Waals surface area contributed by atoms with Crippen molar-refractivity contribution in [3.05, 3.63) is 81.7 Å². The number of rotatable bonds is 5. The quantitative estimate of drug-likeness (QED) is 0.543. The number of para-hydroxylation sites is 1. The van der Waals surface area contributed by atoms with Gasteiger partial charge in [-0.25, -0.2) is 4.68 Å². The molecule has 0 radical (unpaired) electrons. The minimum atomic E-state index is -0.474. The largest absolute Gasteiger partial charge is 0.321 e. The Hall–Kier alpha value is -3.48. The Bertz CT molecular complexity index is 1020. The summed E-state index contributed by atoms with van der Waals surface area (Å²) in [5.41, 5.74) is 3.44. The molecule has 136 valence electrons. The van der Waals surface area contributed by atoms with Gasteiger partial charge in [0.15, 0.2) is 0 Å². The van der Waals surface area contributed by atoms with Gasteiger partial charge in [-0.15, -0.1) is 0 Å². The minimum Gasteiger partial charge on any atom is -0.321 e. The number of carbonyl (C=O) groups excluding carboxylic acids is 1. The number of aryl methyl sites for hydroxylation is 1. The number of nitrogens with one attached hydrogen (secondary N) is 1. The van der Waals surface area contributed by atoms with Crippen molar-refractivity contribution < 1.29 is 9.72 Å². The Balaban J connectivity index is 1.68. The number of anilines is 1. The fraction of sp³-hybridized carbons (Fsp3) is 0.200. The molecule has 4 rings (SSSR count). The van der Waals surface area contributed by atoms with Crippen molar-refractivity contribution in [1.29, 1.82) is 0 Å². The highest BCUT2D eigenvalue weighted by Crippen LogP contribution is 2.42. The first-order chi connectivity index (χ1) is 13.0. The minimum absolute atomic E-state index is 0.0571. The predicted molar refractivity (Wildman–Crippen MR) is 101 cm³/mol. The van der Waals surface area contributed by atoms with Gasteiger partial charge in [-0.3, -0.25) is 14.9 Å². The first kappa shape index (κ1) is 17.0. The molecule has 3 aromatic rings. The van der Waals surface area contributed by atoms with E-state index in [2.05, 4.69) is 10.4 Å². The van der Waals surface area contributed by atoms with Gasteiger partial charge in [0.25, 0.3) is 11.6 Å². The second-order valence-electron chi connectivity index (χ2n) is 6.68. The molecule has 7 heteroatoms. The molecule has 27 heavy (non-hydrogen) atoms. The fourth-order valence-corrected chi connectivity index (χ4v) is 3.11. The third kappa shape index (κ3) is 3.31. The normalized spacial score (nSPS) is 13.4. The Morgan fingerprint density at radius 2 is 1.96 bits per heavy atom. The molecule has 1 aliphatic carbocycles. The molecule has 1 aliphatic rings. The van der Waals surface area contributed by atoms with Crippen LogP contribution in [-0.2, 0) is 0 Å². The van der Waals surface area contributed by atoms with Crippen LogP contribution in [0.15, 0.2) is 54.7 Å². The Morgan fingerprint density at radius 1 is 1.22 bits per heavy atom. The van der Waals surface area contributed by atoms with Crippen LogP contribution in [-0.4, -0.2) is 20.6 Å². The molecule has 0 saturated heterocycles. The van der Waals surface area contributed by atoms with E-state index in [9.17, 15) is 14.9 Å². The average molecular weight is 362 g/mol. The molecule has 0 spiro atoms. The molecule has 2 aromatic carbocycles. The first-order valence-electron chi connectivity index (χ1n) is 8.74. The van der Waals surface area contributed by atoms with E-state index in [0.29, 0.717) is 17.2 Å². The number of carbonyl (C=O) groups is 1. The van der Waals surface area contributed by atoms with Crippen molar-refractivity contribution in [3.63, 3.8) is 0 Å². The van der Waals surface area contributed by atoms with E-state index in [0.717, 1.165) is 29.8 Å². The third-order valence-electron chi connectivity index (χ3n) is 4.70. The number of nitrogens with zero attached hydrogens (tertiary/aromatic N) is 3. The number of hydrogen-bond acceptors (Lipinski definition) is 4. The zero-order chi connectivity index (χ0) is 19.0. The SMILES string of the molecule is Cc1ccc([N+](=O)[O-])cc1NC(=O)c1cnn(-c2ccccc2)c1C1CC1.